The van der Waals surface area contributed by atoms with Gasteiger partial charge in [0.25, 0.3) is 5.56 Å². The summed E-state index contributed by atoms with van der Waals surface area (Å²) in [5.41, 5.74) is 8.17. The summed E-state index contributed by atoms with van der Waals surface area (Å²) in [6.45, 7) is 5.56. The van der Waals surface area contributed by atoms with Gasteiger partial charge in [-0.3, -0.25) is 9.69 Å². The van der Waals surface area contributed by atoms with Crippen molar-refractivity contribution in [1.29, 1.82) is 0 Å². The monoisotopic (exact) mass is 382 g/mol. The summed E-state index contributed by atoms with van der Waals surface area (Å²) in [5, 5.41) is 0. The Morgan fingerprint density at radius 3 is 2.68 bits per heavy atom. The minimum atomic E-state index is -0.295. The lowest BCUT2D eigenvalue weighted by atomic mass is 10.1. The predicted octanol–water partition coefficient (Wildman–Crippen LogP) is 1.92. The maximum absolute atomic E-state index is 14.6. The smallest absolute Gasteiger partial charge is 0.270 e. The van der Waals surface area contributed by atoms with E-state index < -0.39 is 0 Å². The third-order valence-corrected chi connectivity index (χ3v) is 5.13. The highest BCUT2D eigenvalue weighted by molar-refractivity contribution is 5.75. The average molecular weight is 382 g/mol. The molecule has 8 heteroatoms. The predicted molar refractivity (Wildman–Crippen MR) is 108 cm³/mol. The molecule has 0 radical (unpaired) electrons. The van der Waals surface area contributed by atoms with Crippen LogP contribution in [0.5, 0.6) is 0 Å². The summed E-state index contributed by atoms with van der Waals surface area (Å²) >= 11 is 0. The molecule has 3 N–H and O–H groups in total. The molecule has 0 spiro atoms. The van der Waals surface area contributed by atoms with Gasteiger partial charge in [0, 0.05) is 44.4 Å². The van der Waals surface area contributed by atoms with E-state index in [-0.39, 0.29) is 11.4 Å². The van der Waals surface area contributed by atoms with E-state index in [2.05, 4.69) is 24.8 Å². The molecule has 4 rings (SSSR count). The maximum Gasteiger partial charge on any atom is 0.270 e. The van der Waals surface area contributed by atoms with Crippen LogP contribution in [-0.2, 0) is 13.0 Å². The number of pyridine rings is 1. The van der Waals surface area contributed by atoms with Crippen LogP contribution in [0.1, 0.15) is 18.2 Å². The third kappa shape index (κ3) is 3.68. The van der Waals surface area contributed by atoms with Gasteiger partial charge < -0.3 is 15.6 Å². The van der Waals surface area contributed by atoms with E-state index in [4.69, 9.17) is 5.73 Å². The van der Waals surface area contributed by atoms with Crippen LogP contribution in [0.3, 0.4) is 0 Å². The van der Waals surface area contributed by atoms with E-state index in [0.29, 0.717) is 40.9 Å². The number of nitrogens with two attached hydrogens (primary N) is 1. The number of fused-ring (bicyclic) bond motifs is 1. The number of nitrogens with one attached hydrogen (secondary N) is 1. The largest absolute Gasteiger partial charge is 0.397 e. The van der Waals surface area contributed by atoms with Gasteiger partial charge in [-0.05, 0) is 24.6 Å². The number of aromatic nitrogens is 3. The molecule has 1 aliphatic rings. The molecule has 0 aliphatic carbocycles. The van der Waals surface area contributed by atoms with Gasteiger partial charge in [-0.25, -0.2) is 14.4 Å². The second-order valence-corrected chi connectivity index (χ2v) is 7.04. The minimum absolute atomic E-state index is 0.211. The lowest BCUT2D eigenvalue weighted by molar-refractivity contribution is 0.246. The first kappa shape index (κ1) is 18.4. The highest BCUT2D eigenvalue weighted by atomic mass is 19.1. The van der Waals surface area contributed by atoms with E-state index in [0.717, 1.165) is 32.0 Å². The molecule has 0 unspecified atom stereocenters. The first-order chi connectivity index (χ1) is 13.5. The van der Waals surface area contributed by atoms with Crippen LogP contribution in [0, 0.1) is 5.82 Å². The highest BCUT2D eigenvalue weighted by Crippen LogP contribution is 2.20. The van der Waals surface area contributed by atoms with Crippen LogP contribution in [0.25, 0.3) is 11.0 Å². The second-order valence-electron chi connectivity index (χ2n) is 7.04. The fourth-order valence-electron chi connectivity index (χ4n) is 3.51. The number of aryl methyl sites for hydroxylation is 1. The van der Waals surface area contributed by atoms with Crippen LogP contribution >= 0.6 is 0 Å². The average Bonchev–Trinajstić information content (AvgIpc) is 2.70. The Hall–Kier alpha value is -3.00. The van der Waals surface area contributed by atoms with E-state index in [9.17, 15) is 9.18 Å². The number of aromatic amines is 1. The molecule has 0 bridgehead atoms. The zero-order chi connectivity index (χ0) is 19.7. The Bertz CT molecular complexity index is 1040. The zero-order valence-electron chi connectivity index (χ0n) is 15.8. The quantitative estimate of drug-likeness (QED) is 0.716. The number of rotatable bonds is 4. The van der Waals surface area contributed by atoms with E-state index >= 15 is 0 Å². The van der Waals surface area contributed by atoms with Crippen LogP contribution in [-0.4, -0.2) is 46.0 Å². The molecular weight excluding hydrogens is 359 g/mol. The fourth-order valence-corrected chi connectivity index (χ4v) is 3.51. The Morgan fingerprint density at radius 1 is 1.21 bits per heavy atom. The molecule has 1 saturated heterocycles. The Kier molecular flexibility index (Phi) is 4.95. The molecule has 0 amide bonds. The van der Waals surface area contributed by atoms with Gasteiger partial charge in [0.1, 0.15) is 17.3 Å². The molecule has 3 heterocycles. The van der Waals surface area contributed by atoms with Gasteiger partial charge in [-0.2, -0.15) is 0 Å². The molecule has 1 aromatic carbocycles. The van der Waals surface area contributed by atoms with Crippen molar-refractivity contribution in [2.75, 3.05) is 36.8 Å². The van der Waals surface area contributed by atoms with Crippen LogP contribution in [0.15, 0.2) is 35.3 Å². The summed E-state index contributed by atoms with van der Waals surface area (Å²) in [6, 6.07) is 6.88. The van der Waals surface area contributed by atoms with Crippen molar-refractivity contribution in [2.24, 2.45) is 0 Å². The van der Waals surface area contributed by atoms with Crippen molar-refractivity contribution in [3.05, 3.63) is 57.9 Å². The van der Waals surface area contributed by atoms with Crippen LogP contribution < -0.4 is 16.2 Å². The summed E-state index contributed by atoms with van der Waals surface area (Å²) in [4.78, 5) is 27.8. The summed E-state index contributed by atoms with van der Waals surface area (Å²) in [6.07, 6.45) is 2.17. The molecule has 0 saturated carbocycles. The third-order valence-electron chi connectivity index (χ3n) is 5.13. The normalized spacial score (nSPS) is 15.3. The summed E-state index contributed by atoms with van der Waals surface area (Å²) < 4.78 is 14.6. The number of hydrogen-bond acceptors (Lipinski definition) is 6. The minimum Gasteiger partial charge on any atom is -0.397 e. The van der Waals surface area contributed by atoms with E-state index in [1.807, 2.05) is 19.1 Å². The van der Waals surface area contributed by atoms with E-state index in [1.165, 1.54) is 6.07 Å². The molecule has 146 valence electrons. The van der Waals surface area contributed by atoms with Gasteiger partial charge in [0.2, 0.25) is 0 Å². The number of H-pyrrole nitrogens is 1. The lowest BCUT2D eigenvalue weighted by Crippen LogP contribution is -2.46. The molecule has 1 aliphatic heterocycles. The van der Waals surface area contributed by atoms with Gasteiger partial charge in [-0.15, -0.1) is 0 Å². The van der Waals surface area contributed by atoms with Crippen molar-refractivity contribution >= 4 is 22.5 Å². The fraction of sp³-hybridized carbons (Fsp3) is 0.350. The van der Waals surface area contributed by atoms with Crippen molar-refractivity contribution in [3.63, 3.8) is 0 Å². The molecule has 7 nitrogen and oxygen atoms in total. The highest BCUT2D eigenvalue weighted by Gasteiger charge is 2.19. The molecule has 0 atom stereocenters. The molecule has 1 fully saturated rings. The van der Waals surface area contributed by atoms with Crippen molar-refractivity contribution < 1.29 is 4.39 Å². The Labute approximate surface area is 162 Å². The zero-order valence-corrected chi connectivity index (χ0v) is 15.8. The first-order valence-corrected chi connectivity index (χ1v) is 9.43. The van der Waals surface area contributed by atoms with Crippen molar-refractivity contribution in [1.82, 2.24) is 19.9 Å². The number of nitrogens with zero attached hydrogens (tertiary/aromatic N) is 4. The number of hydrogen-bond donors (Lipinski definition) is 2. The van der Waals surface area contributed by atoms with Gasteiger partial charge >= 0.3 is 0 Å². The van der Waals surface area contributed by atoms with Crippen LogP contribution in [0.4, 0.5) is 15.9 Å². The SMILES string of the molecule is CCc1nc2cc(F)c(CN3CCN(c4ccc(N)cn4)CC3)cc2[nH]c1=O. The van der Waals surface area contributed by atoms with Gasteiger partial charge in [0.15, 0.2) is 0 Å². The standard InChI is InChI=1S/C20H23FN6O/c1-2-16-20(28)25-17-9-13(15(21)10-18(17)24-16)12-26-5-7-27(8-6-26)19-4-3-14(22)11-23-19/h3-4,9-11H,2,5-8,12,22H2,1H3,(H,25,28). The summed E-state index contributed by atoms with van der Waals surface area (Å²) in [7, 11) is 0. The Morgan fingerprint density at radius 2 is 2.00 bits per heavy atom. The summed E-state index contributed by atoms with van der Waals surface area (Å²) in [5.74, 6) is 0.609. The first-order valence-electron chi connectivity index (χ1n) is 9.43. The van der Waals surface area contributed by atoms with Gasteiger partial charge in [-0.1, -0.05) is 6.92 Å². The van der Waals surface area contributed by atoms with Crippen molar-refractivity contribution in [2.45, 2.75) is 19.9 Å². The number of anilines is 2. The lowest BCUT2D eigenvalue weighted by Gasteiger charge is -2.35. The number of benzene rings is 1. The topological polar surface area (TPSA) is 91.1 Å². The molecular formula is C20H23FN6O. The van der Waals surface area contributed by atoms with E-state index in [1.54, 1.807) is 12.3 Å². The second kappa shape index (κ2) is 7.55. The molecule has 28 heavy (non-hydrogen) atoms. The Balaban J connectivity index is 1.47. The maximum atomic E-state index is 14.6. The number of nitrogen functional groups attached to an aromatic ring is 1. The molecule has 3 aromatic rings. The number of halogens is 1. The van der Waals surface area contributed by atoms with Gasteiger partial charge in [0.05, 0.1) is 22.9 Å². The molecule has 2 aromatic heterocycles. The van der Waals surface area contributed by atoms with Crippen molar-refractivity contribution in [3.8, 4) is 0 Å². The number of piperazine rings is 1. The van der Waals surface area contributed by atoms with Crippen LogP contribution in [0.2, 0.25) is 0 Å².